The number of ether oxygens (including phenoxy) is 1. The molecule has 0 radical (unpaired) electrons. The third-order valence-corrected chi connectivity index (χ3v) is 4.91. The van der Waals surface area contributed by atoms with Crippen LogP contribution in [-0.4, -0.2) is 33.7 Å². The van der Waals surface area contributed by atoms with E-state index in [1.54, 1.807) is 0 Å². The van der Waals surface area contributed by atoms with Crippen LogP contribution in [0.25, 0.3) is 11.3 Å². The molecule has 5 nitrogen and oxygen atoms in total. The molecule has 1 aliphatic rings. The van der Waals surface area contributed by atoms with E-state index in [0.29, 0.717) is 12.3 Å². The van der Waals surface area contributed by atoms with Crippen LogP contribution in [0.1, 0.15) is 48.4 Å². The molecule has 0 fully saturated rings. The van der Waals surface area contributed by atoms with Gasteiger partial charge in [0.15, 0.2) is 0 Å². The van der Waals surface area contributed by atoms with Crippen LogP contribution in [0.4, 0.5) is 0 Å². The maximum atomic E-state index is 13.1. The second kappa shape index (κ2) is 6.91. The topological polar surface area (TPSA) is 58.2 Å². The fourth-order valence-electron chi connectivity index (χ4n) is 3.75. The molecule has 1 aromatic heterocycles. The molecule has 1 atom stereocenters. The predicted octanol–water partition coefficient (Wildman–Crippen LogP) is 4.43. The van der Waals surface area contributed by atoms with E-state index in [0.717, 1.165) is 28.1 Å². The zero-order chi connectivity index (χ0) is 19.0. The van der Waals surface area contributed by atoms with Gasteiger partial charge in [0.1, 0.15) is 11.4 Å². The molecule has 5 heteroatoms. The highest BCUT2D eigenvalue weighted by Crippen LogP contribution is 2.43. The Kier molecular flexibility index (Phi) is 4.44. The lowest BCUT2D eigenvalue weighted by Crippen LogP contribution is -2.35. The molecule has 0 aliphatic carbocycles. The Morgan fingerprint density at radius 3 is 2.44 bits per heavy atom. The van der Waals surface area contributed by atoms with Gasteiger partial charge < -0.3 is 9.64 Å². The highest BCUT2D eigenvalue weighted by molar-refractivity contribution is 6.00. The van der Waals surface area contributed by atoms with Crippen LogP contribution in [0, 0.1) is 0 Å². The van der Waals surface area contributed by atoms with Gasteiger partial charge in [-0.15, -0.1) is 0 Å². The number of aromatic nitrogens is 2. The second-order valence-corrected chi connectivity index (χ2v) is 6.94. The van der Waals surface area contributed by atoms with Crippen molar-refractivity contribution in [3.05, 3.63) is 71.4 Å². The molecule has 2 heterocycles. The summed E-state index contributed by atoms with van der Waals surface area (Å²) < 4.78 is 5.57. The normalized spacial score (nSPS) is 16.1. The molecule has 4 rings (SSSR count). The Labute approximate surface area is 159 Å². The average Bonchev–Trinajstić information content (AvgIpc) is 3.23. The Hall–Kier alpha value is -3.08. The van der Waals surface area contributed by atoms with E-state index in [1.807, 2.05) is 80.3 Å². The first-order valence-corrected chi connectivity index (χ1v) is 9.31. The van der Waals surface area contributed by atoms with Gasteiger partial charge >= 0.3 is 0 Å². The van der Waals surface area contributed by atoms with Gasteiger partial charge in [0.25, 0.3) is 5.91 Å². The number of hydrogen-bond donors (Lipinski definition) is 1. The van der Waals surface area contributed by atoms with Crippen LogP contribution in [0.2, 0.25) is 0 Å². The molecule has 27 heavy (non-hydrogen) atoms. The molecule has 0 bridgehead atoms. The van der Waals surface area contributed by atoms with Gasteiger partial charge in [-0.2, -0.15) is 5.10 Å². The number of carbonyl (C=O) groups excluding carboxylic acids is 1. The quantitative estimate of drug-likeness (QED) is 0.731. The molecule has 1 unspecified atom stereocenters. The van der Waals surface area contributed by atoms with Crippen LogP contribution < -0.4 is 4.74 Å². The van der Waals surface area contributed by atoms with Gasteiger partial charge in [-0.25, -0.2) is 0 Å². The average molecular weight is 361 g/mol. The molecular formula is C22H23N3O2. The van der Waals surface area contributed by atoms with Gasteiger partial charge in [-0.3, -0.25) is 9.89 Å². The van der Waals surface area contributed by atoms with Crippen molar-refractivity contribution in [2.75, 3.05) is 6.61 Å². The first-order valence-electron chi connectivity index (χ1n) is 9.31. The number of aromatic amines is 1. The minimum atomic E-state index is -0.169. The monoisotopic (exact) mass is 361 g/mol. The standard InChI is InChI=1S/C22H23N3O2/c1-4-27-17-12-10-16(11-13-17)21-18-19(15-8-6-5-7-9-15)23-24-20(18)22(26)25(21)14(2)3/h5-14,21H,4H2,1-3H3,(H,23,24). The molecule has 3 aromatic rings. The minimum Gasteiger partial charge on any atom is -0.494 e. The van der Waals surface area contributed by atoms with Gasteiger partial charge in [0.2, 0.25) is 0 Å². The summed E-state index contributed by atoms with van der Waals surface area (Å²) in [5.74, 6) is 0.825. The summed E-state index contributed by atoms with van der Waals surface area (Å²) in [6, 6.07) is 17.9. The molecule has 1 amide bonds. The smallest absolute Gasteiger partial charge is 0.273 e. The molecule has 0 saturated carbocycles. The van der Waals surface area contributed by atoms with E-state index in [4.69, 9.17) is 4.74 Å². The third kappa shape index (κ3) is 2.89. The molecule has 0 saturated heterocycles. The minimum absolute atomic E-state index is 0.00596. The third-order valence-electron chi connectivity index (χ3n) is 4.91. The van der Waals surface area contributed by atoms with Crippen LogP contribution in [0.3, 0.4) is 0 Å². The number of amides is 1. The number of benzene rings is 2. The van der Waals surface area contributed by atoms with Crippen LogP contribution in [0.15, 0.2) is 54.6 Å². The maximum absolute atomic E-state index is 13.1. The van der Waals surface area contributed by atoms with E-state index < -0.39 is 0 Å². The summed E-state index contributed by atoms with van der Waals surface area (Å²) in [5, 5.41) is 7.46. The Morgan fingerprint density at radius 1 is 1.11 bits per heavy atom. The Bertz CT molecular complexity index is 945. The first-order chi connectivity index (χ1) is 13.1. The summed E-state index contributed by atoms with van der Waals surface area (Å²) in [6.45, 7) is 6.68. The molecule has 0 spiro atoms. The number of hydrogen-bond acceptors (Lipinski definition) is 3. The predicted molar refractivity (Wildman–Crippen MR) is 105 cm³/mol. The summed E-state index contributed by atoms with van der Waals surface area (Å²) in [4.78, 5) is 15.0. The van der Waals surface area contributed by atoms with Crippen molar-refractivity contribution in [2.45, 2.75) is 32.9 Å². The van der Waals surface area contributed by atoms with Crippen molar-refractivity contribution in [3.63, 3.8) is 0 Å². The fourth-order valence-corrected chi connectivity index (χ4v) is 3.75. The number of nitrogens with zero attached hydrogens (tertiary/aromatic N) is 2. The lowest BCUT2D eigenvalue weighted by Gasteiger charge is -2.30. The zero-order valence-electron chi connectivity index (χ0n) is 15.8. The largest absolute Gasteiger partial charge is 0.494 e. The van der Waals surface area contributed by atoms with Crippen molar-refractivity contribution in [1.82, 2.24) is 15.1 Å². The second-order valence-electron chi connectivity index (χ2n) is 6.94. The Balaban J connectivity index is 1.85. The highest BCUT2D eigenvalue weighted by Gasteiger charge is 2.43. The number of carbonyl (C=O) groups is 1. The maximum Gasteiger partial charge on any atom is 0.273 e. The van der Waals surface area contributed by atoms with Crippen molar-refractivity contribution in [2.24, 2.45) is 0 Å². The summed E-state index contributed by atoms with van der Waals surface area (Å²) in [7, 11) is 0. The lowest BCUT2D eigenvalue weighted by molar-refractivity contribution is 0.0688. The fraction of sp³-hybridized carbons (Fsp3) is 0.273. The van der Waals surface area contributed by atoms with Crippen molar-refractivity contribution in [1.29, 1.82) is 0 Å². The van der Waals surface area contributed by atoms with Gasteiger partial charge in [-0.05, 0) is 38.5 Å². The first kappa shape index (κ1) is 17.3. The number of H-pyrrole nitrogens is 1. The lowest BCUT2D eigenvalue weighted by atomic mass is 9.95. The molecular weight excluding hydrogens is 338 g/mol. The van der Waals surface area contributed by atoms with Crippen molar-refractivity contribution in [3.8, 4) is 17.0 Å². The van der Waals surface area contributed by atoms with Crippen LogP contribution in [0.5, 0.6) is 5.75 Å². The molecule has 1 aliphatic heterocycles. The van der Waals surface area contributed by atoms with Crippen molar-refractivity contribution >= 4 is 5.91 Å². The Morgan fingerprint density at radius 2 is 1.81 bits per heavy atom. The molecule has 2 aromatic carbocycles. The number of rotatable bonds is 5. The van der Waals surface area contributed by atoms with Crippen molar-refractivity contribution < 1.29 is 9.53 Å². The molecule has 1 N–H and O–H groups in total. The SMILES string of the molecule is CCOc1ccc(C2c3c(-c4ccccc4)n[nH]c3C(=O)N2C(C)C)cc1. The van der Waals surface area contributed by atoms with E-state index in [1.165, 1.54) is 0 Å². The van der Waals surface area contributed by atoms with E-state index in [-0.39, 0.29) is 18.0 Å². The van der Waals surface area contributed by atoms with Crippen LogP contribution in [-0.2, 0) is 0 Å². The van der Waals surface area contributed by atoms with Gasteiger partial charge in [-0.1, -0.05) is 42.5 Å². The highest BCUT2D eigenvalue weighted by atomic mass is 16.5. The summed E-state index contributed by atoms with van der Waals surface area (Å²) in [6.07, 6.45) is 0. The van der Waals surface area contributed by atoms with E-state index in [2.05, 4.69) is 10.2 Å². The van der Waals surface area contributed by atoms with E-state index in [9.17, 15) is 4.79 Å². The van der Waals surface area contributed by atoms with E-state index >= 15 is 0 Å². The number of fused-ring (bicyclic) bond motifs is 1. The summed E-state index contributed by atoms with van der Waals surface area (Å²) >= 11 is 0. The van der Waals surface area contributed by atoms with Gasteiger partial charge in [0.05, 0.1) is 18.3 Å². The number of nitrogens with one attached hydrogen (secondary N) is 1. The summed E-state index contributed by atoms with van der Waals surface area (Å²) in [5.41, 5.74) is 4.42. The zero-order valence-corrected chi connectivity index (χ0v) is 15.8. The van der Waals surface area contributed by atoms with Gasteiger partial charge in [0, 0.05) is 17.2 Å². The molecule has 138 valence electrons. The van der Waals surface area contributed by atoms with Crippen LogP contribution >= 0.6 is 0 Å².